The Morgan fingerprint density at radius 1 is 1.28 bits per heavy atom. The molecule has 0 bridgehead atoms. The second kappa shape index (κ2) is 5.86. The number of nitrogens with one attached hydrogen (secondary N) is 1. The summed E-state index contributed by atoms with van der Waals surface area (Å²) >= 11 is 0. The molecule has 0 spiro atoms. The van der Waals surface area contributed by atoms with Crippen molar-refractivity contribution in [2.75, 3.05) is 19.8 Å². The number of morpholine rings is 1. The Morgan fingerprint density at radius 3 is 2.56 bits per heavy atom. The van der Waals surface area contributed by atoms with Crippen molar-refractivity contribution in [3.63, 3.8) is 0 Å². The molecule has 0 saturated carbocycles. The Balaban J connectivity index is 0.00000162. The fraction of sp³-hybridized carbons (Fsp3) is 0.455. The third-order valence-corrected chi connectivity index (χ3v) is 2.63. The van der Waals surface area contributed by atoms with E-state index in [0.717, 1.165) is 6.07 Å². The maximum absolute atomic E-state index is 13.7. The monoisotopic (exact) mass is 285 g/mol. The third kappa shape index (κ3) is 3.13. The van der Waals surface area contributed by atoms with Gasteiger partial charge in [0, 0.05) is 12.1 Å². The number of hydrogen-bond acceptors (Lipinski definition) is 2. The minimum absolute atomic E-state index is 0. The van der Waals surface area contributed by atoms with E-state index in [1.807, 2.05) is 0 Å². The minimum atomic E-state index is -4.67. The summed E-state index contributed by atoms with van der Waals surface area (Å²) in [6.07, 6.45) is -4.67. The Kier molecular flexibility index (Phi) is 4.95. The summed E-state index contributed by atoms with van der Waals surface area (Å²) in [6.45, 7) is 1.16. The van der Waals surface area contributed by atoms with Crippen LogP contribution in [0.4, 0.5) is 17.6 Å². The predicted molar refractivity (Wildman–Crippen MR) is 60.2 cm³/mol. The molecule has 1 aliphatic heterocycles. The number of rotatable bonds is 1. The van der Waals surface area contributed by atoms with Crippen LogP contribution in [0.3, 0.4) is 0 Å². The molecule has 1 aliphatic rings. The van der Waals surface area contributed by atoms with Crippen LogP contribution in [-0.2, 0) is 10.9 Å². The van der Waals surface area contributed by atoms with Crippen molar-refractivity contribution in [3.8, 4) is 0 Å². The van der Waals surface area contributed by atoms with Crippen molar-refractivity contribution in [1.29, 1.82) is 0 Å². The summed E-state index contributed by atoms with van der Waals surface area (Å²) in [5.74, 6) is -1.22. The van der Waals surface area contributed by atoms with E-state index in [2.05, 4.69) is 5.32 Å². The van der Waals surface area contributed by atoms with Gasteiger partial charge in [0.2, 0.25) is 0 Å². The maximum atomic E-state index is 13.7. The van der Waals surface area contributed by atoms with Crippen LogP contribution in [0, 0.1) is 5.82 Å². The molecular weight excluding hydrogens is 274 g/mol. The average molecular weight is 286 g/mol. The summed E-state index contributed by atoms with van der Waals surface area (Å²) in [4.78, 5) is 0. The van der Waals surface area contributed by atoms with Crippen LogP contribution in [0.5, 0.6) is 0 Å². The molecule has 1 heterocycles. The molecular formula is C11H12ClF4NO. The number of ether oxygens (including phenoxy) is 1. The number of hydrogen-bond donors (Lipinski definition) is 1. The lowest BCUT2D eigenvalue weighted by molar-refractivity contribution is -0.140. The van der Waals surface area contributed by atoms with Crippen molar-refractivity contribution in [2.45, 2.75) is 12.2 Å². The fourth-order valence-corrected chi connectivity index (χ4v) is 1.80. The molecule has 1 saturated heterocycles. The van der Waals surface area contributed by atoms with Gasteiger partial charge in [0.1, 0.15) is 5.82 Å². The minimum Gasteiger partial charge on any atom is -0.378 e. The van der Waals surface area contributed by atoms with E-state index in [0.29, 0.717) is 13.2 Å². The molecule has 2 rings (SSSR count). The van der Waals surface area contributed by atoms with Crippen molar-refractivity contribution in [3.05, 3.63) is 35.1 Å². The zero-order valence-electron chi connectivity index (χ0n) is 9.26. The second-order valence-corrected chi connectivity index (χ2v) is 3.79. The molecule has 1 aromatic carbocycles. The summed E-state index contributed by atoms with van der Waals surface area (Å²) < 4.78 is 56.4. The van der Waals surface area contributed by atoms with Crippen molar-refractivity contribution >= 4 is 12.4 Å². The largest absolute Gasteiger partial charge is 0.419 e. The molecule has 2 nitrogen and oxygen atoms in total. The molecule has 0 aliphatic carbocycles. The summed E-state index contributed by atoms with van der Waals surface area (Å²) in [7, 11) is 0. The van der Waals surface area contributed by atoms with E-state index in [9.17, 15) is 17.6 Å². The van der Waals surface area contributed by atoms with E-state index in [1.165, 1.54) is 12.1 Å². The van der Waals surface area contributed by atoms with Crippen LogP contribution in [0.2, 0.25) is 0 Å². The average Bonchev–Trinajstić information content (AvgIpc) is 2.29. The first kappa shape index (κ1) is 15.2. The number of halogens is 5. The van der Waals surface area contributed by atoms with Gasteiger partial charge < -0.3 is 10.1 Å². The molecule has 0 aromatic heterocycles. The summed E-state index contributed by atoms with van der Waals surface area (Å²) in [5.41, 5.74) is -1.23. The molecule has 0 unspecified atom stereocenters. The normalized spacial score (nSPS) is 20.3. The molecule has 102 valence electrons. The van der Waals surface area contributed by atoms with Gasteiger partial charge in [0.25, 0.3) is 0 Å². The zero-order chi connectivity index (χ0) is 12.5. The molecule has 18 heavy (non-hydrogen) atoms. The highest BCUT2D eigenvalue weighted by atomic mass is 35.5. The van der Waals surface area contributed by atoms with Gasteiger partial charge in [-0.2, -0.15) is 13.2 Å². The molecule has 1 atom stereocenters. The van der Waals surface area contributed by atoms with E-state index in [4.69, 9.17) is 4.74 Å². The van der Waals surface area contributed by atoms with Gasteiger partial charge >= 0.3 is 6.18 Å². The van der Waals surface area contributed by atoms with Crippen LogP contribution < -0.4 is 5.32 Å². The van der Waals surface area contributed by atoms with Gasteiger partial charge in [-0.3, -0.25) is 0 Å². The lowest BCUT2D eigenvalue weighted by Crippen LogP contribution is -2.35. The zero-order valence-corrected chi connectivity index (χ0v) is 10.1. The first-order valence-electron chi connectivity index (χ1n) is 5.17. The second-order valence-electron chi connectivity index (χ2n) is 3.79. The van der Waals surface area contributed by atoms with Crippen LogP contribution >= 0.6 is 12.4 Å². The first-order chi connectivity index (χ1) is 8.00. The van der Waals surface area contributed by atoms with Crippen LogP contribution in [0.1, 0.15) is 17.2 Å². The lowest BCUT2D eigenvalue weighted by atomic mass is 10.0. The van der Waals surface area contributed by atoms with Crippen molar-refractivity contribution in [2.24, 2.45) is 0 Å². The Bertz CT molecular complexity index is 405. The molecule has 0 amide bonds. The summed E-state index contributed by atoms with van der Waals surface area (Å²) in [5, 5.41) is 2.92. The van der Waals surface area contributed by atoms with Crippen LogP contribution in [0.15, 0.2) is 18.2 Å². The van der Waals surface area contributed by atoms with E-state index < -0.39 is 23.6 Å². The Hall–Kier alpha value is -0.850. The molecule has 7 heteroatoms. The van der Waals surface area contributed by atoms with Crippen LogP contribution in [0.25, 0.3) is 0 Å². The van der Waals surface area contributed by atoms with E-state index >= 15 is 0 Å². The van der Waals surface area contributed by atoms with Crippen LogP contribution in [-0.4, -0.2) is 19.8 Å². The highest BCUT2D eigenvalue weighted by Crippen LogP contribution is 2.34. The molecule has 1 fully saturated rings. The van der Waals surface area contributed by atoms with Gasteiger partial charge in [-0.1, -0.05) is 12.1 Å². The Morgan fingerprint density at radius 2 is 2.00 bits per heavy atom. The quantitative estimate of drug-likeness (QED) is 0.801. The topological polar surface area (TPSA) is 21.3 Å². The maximum Gasteiger partial charge on any atom is 0.419 e. The van der Waals surface area contributed by atoms with Gasteiger partial charge in [-0.15, -0.1) is 12.4 Å². The fourth-order valence-electron chi connectivity index (χ4n) is 1.80. The molecule has 1 aromatic rings. The van der Waals surface area contributed by atoms with Gasteiger partial charge in [0.05, 0.1) is 24.8 Å². The summed E-state index contributed by atoms with van der Waals surface area (Å²) in [6, 6.07) is 2.77. The molecule has 1 N–H and O–H groups in total. The highest BCUT2D eigenvalue weighted by molar-refractivity contribution is 5.85. The number of alkyl halides is 3. The van der Waals surface area contributed by atoms with E-state index in [1.54, 1.807) is 0 Å². The van der Waals surface area contributed by atoms with Gasteiger partial charge in [-0.25, -0.2) is 4.39 Å². The third-order valence-electron chi connectivity index (χ3n) is 2.63. The Labute approximate surface area is 108 Å². The molecule has 0 radical (unpaired) electrons. The van der Waals surface area contributed by atoms with Crippen molar-refractivity contribution < 1.29 is 22.3 Å². The van der Waals surface area contributed by atoms with Crippen molar-refractivity contribution in [1.82, 2.24) is 5.32 Å². The van der Waals surface area contributed by atoms with Gasteiger partial charge in [-0.05, 0) is 6.07 Å². The standard InChI is InChI=1S/C11H11F4NO.ClH/c12-10-7(9-6-17-5-4-16-9)2-1-3-8(10)11(13,14)15;/h1-3,9,16H,4-6H2;1H/t9-;/m1./s1. The predicted octanol–water partition coefficient (Wildman–Crippen LogP) is 2.93. The number of benzene rings is 1. The SMILES string of the molecule is Cl.Fc1c([C@H]2COCCN2)cccc1C(F)(F)F. The van der Waals surface area contributed by atoms with E-state index in [-0.39, 0.29) is 24.6 Å². The smallest absolute Gasteiger partial charge is 0.378 e. The highest BCUT2D eigenvalue weighted by Gasteiger charge is 2.35. The first-order valence-corrected chi connectivity index (χ1v) is 5.17. The van der Waals surface area contributed by atoms with Gasteiger partial charge in [0.15, 0.2) is 0 Å². The lowest BCUT2D eigenvalue weighted by Gasteiger charge is -2.25.